The molecule has 1 saturated heterocycles. The van der Waals surface area contributed by atoms with Crippen LogP contribution < -0.4 is 10.6 Å². The molecular weight excluding hydrogens is 480 g/mol. The fraction of sp³-hybridized carbons (Fsp3) is 0.333. The van der Waals surface area contributed by atoms with Crippen LogP contribution in [-0.4, -0.2) is 44.6 Å². The molecule has 1 aromatic carbocycles. The van der Waals surface area contributed by atoms with Crippen molar-refractivity contribution in [1.82, 2.24) is 19.7 Å². The second-order valence-electron chi connectivity index (χ2n) is 7.52. The minimum atomic E-state index is -0.192. The van der Waals surface area contributed by atoms with Gasteiger partial charge in [-0.1, -0.05) is 15.9 Å². The van der Waals surface area contributed by atoms with Crippen molar-refractivity contribution in [2.75, 3.05) is 23.7 Å². The largest absolute Gasteiger partial charge is 0.322 e. The summed E-state index contributed by atoms with van der Waals surface area (Å²) < 4.78 is 2.60. The van der Waals surface area contributed by atoms with Crippen LogP contribution in [0.1, 0.15) is 40.6 Å². The van der Waals surface area contributed by atoms with Gasteiger partial charge in [0.2, 0.25) is 5.91 Å². The monoisotopic (exact) mass is 502 g/mol. The minimum absolute atomic E-state index is 0.0651. The number of nitrogens with zero attached hydrogens (tertiary/aromatic N) is 4. The highest BCUT2D eigenvalue weighted by Crippen LogP contribution is 2.33. The lowest BCUT2D eigenvalue weighted by molar-refractivity contribution is -0.117. The first-order valence-corrected chi connectivity index (χ1v) is 11.6. The molecule has 2 aromatic heterocycles. The number of anilines is 2. The SMILES string of the molecule is Cc1nn(C)cc1NC(=O)CN1CCC[C@H]1c1csc(NC(=O)c2ccc(Br)cc2)n1. The van der Waals surface area contributed by atoms with Crippen LogP contribution in [0.3, 0.4) is 0 Å². The number of thiazole rings is 1. The second-order valence-corrected chi connectivity index (χ2v) is 9.29. The molecule has 2 N–H and O–H groups in total. The summed E-state index contributed by atoms with van der Waals surface area (Å²) >= 11 is 4.77. The number of aromatic nitrogens is 3. The molecule has 4 rings (SSSR count). The maximum Gasteiger partial charge on any atom is 0.257 e. The Bertz CT molecular complexity index is 1090. The first-order chi connectivity index (χ1) is 14.9. The normalized spacial score (nSPS) is 16.4. The van der Waals surface area contributed by atoms with E-state index in [9.17, 15) is 9.59 Å². The topological polar surface area (TPSA) is 92.2 Å². The van der Waals surface area contributed by atoms with Gasteiger partial charge < -0.3 is 5.32 Å². The second kappa shape index (κ2) is 9.29. The summed E-state index contributed by atoms with van der Waals surface area (Å²) in [6.45, 7) is 2.99. The van der Waals surface area contributed by atoms with Gasteiger partial charge >= 0.3 is 0 Å². The summed E-state index contributed by atoms with van der Waals surface area (Å²) in [6, 6.07) is 7.24. The molecule has 1 fully saturated rings. The number of nitrogens with one attached hydrogen (secondary N) is 2. The van der Waals surface area contributed by atoms with Crippen molar-refractivity contribution < 1.29 is 9.59 Å². The maximum atomic E-state index is 12.6. The van der Waals surface area contributed by atoms with Gasteiger partial charge in [0.05, 0.1) is 29.7 Å². The van der Waals surface area contributed by atoms with E-state index in [1.807, 2.05) is 31.5 Å². The molecule has 3 aromatic rings. The molecule has 10 heteroatoms. The minimum Gasteiger partial charge on any atom is -0.322 e. The number of rotatable bonds is 6. The van der Waals surface area contributed by atoms with Crippen LogP contribution in [0.2, 0.25) is 0 Å². The molecule has 0 spiro atoms. The smallest absolute Gasteiger partial charge is 0.257 e. The van der Waals surface area contributed by atoms with Gasteiger partial charge in [0.1, 0.15) is 0 Å². The van der Waals surface area contributed by atoms with Gasteiger partial charge in [0.25, 0.3) is 5.91 Å². The molecule has 2 amide bonds. The molecule has 0 aliphatic carbocycles. The van der Waals surface area contributed by atoms with Crippen molar-refractivity contribution in [3.05, 3.63) is 57.3 Å². The lowest BCUT2D eigenvalue weighted by Gasteiger charge is -2.22. The van der Waals surface area contributed by atoms with Gasteiger partial charge in [-0.05, 0) is 50.6 Å². The third kappa shape index (κ3) is 5.20. The van der Waals surface area contributed by atoms with E-state index in [4.69, 9.17) is 0 Å². The Balaban J connectivity index is 1.38. The standard InChI is InChI=1S/C21H23BrN6O2S/c1-13-16(10-27(2)26-13)23-19(29)11-28-9-3-4-18(28)17-12-31-21(24-17)25-20(30)14-5-7-15(22)8-6-14/h5-8,10,12,18H,3-4,9,11H2,1-2H3,(H,23,29)(H,24,25,30)/t18-/m0/s1. The van der Waals surface area contributed by atoms with Gasteiger partial charge in [-0.3, -0.25) is 24.5 Å². The molecule has 3 heterocycles. The Kier molecular flexibility index (Phi) is 6.49. The zero-order chi connectivity index (χ0) is 22.0. The van der Waals surface area contributed by atoms with E-state index >= 15 is 0 Å². The summed E-state index contributed by atoms with van der Waals surface area (Å²) in [5.74, 6) is -0.259. The number of hydrogen-bond acceptors (Lipinski definition) is 6. The Morgan fingerprint density at radius 3 is 2.74 bits per heavy atom. The van der Waals surface area contributed by atoms with E-state index in [1.54, 1.807) is 23.0 Å². The quantitative estimate of drug-likeness (QED) is 0.531. The van der Waals surface area contributed by atoms with Crippen LogP contribution in [0.4, 0.5) is 10.8 Å². The maximum absolute atomic E-state index is 12.6. The van der Waals surface area contributed by atoms with Crippen molar-refractivity contribution in [3.63, 3.8) is 0 Å². The van der Waals surface area contributed by atoms with E-state index in [2.05, 4.69) is 41.5 Å². The van der Waals surface area contributed by atoms with E-state index < -0.39 is 0 Å². The zero-order valence-corrected chi connectivity index (χ0v) is 19.7. The fourth-order valence-electron chi connectivity index (χ4n) is 3.71. The summed E-state index contributed by atoms with van der Waals surface area (Å²) in [4.78, 5) is 31.8. The van der Waals surface area contributed by atoms with Crippen molar-refractivity contribution >= 4 is 49.9 Å². The van der Waals surface area contributed by atoms with Crippen LogP contribution in [0.5, 0.6) is 0 Å². The van der Waals surface area contributed by atoms with Crippen LogP contribution in [0, 0.1) is 6.92 Å². The van der Waals surface area contributed by atoms with Gasteiger partial charge in [-0.25, -0.2) is 4.98 Å². The van der Waals surface area contributed by atoms with Crippen molar-refractivity contribution in [3.8, 4) is 0 Å². The van der Waals surface area contributed by atoms with Crippen molar-refractivity contribution in [2.45, 2.75) is 25.8 Å². The van der Waals surface area contributed by atoms with Crippen LogP contribution in [0.25, 0.3) is 0 Å². The average molecular weight is 503 g/mol. The molecular formula is C21H23BrN6O2S. The number of carbonyl (C=O) groups is 2. The molecule has 0 saturated carbocycles. The number of benzene rings is 1. The van der Waals surface area contributed by atoms with Gasteiger partial charge in [0.15, 0.2) is 5.13 Å². The number of amides is 2. The number of halogens is 1. The van der Waals surface area contributed by atoms with Gasteiger partial charge in [0, 0.05) is 28.7 Å². The third-order valence-electron chi connectivity index (χ3n) is 5.19. The fourth-order valence-corrected chi connectivity index (χ4v) is 4.73. The van der Waals surface area contributed by atoms with Crippen molar-refractivity contribution in [2.24, 2.45) is 7.05 Å². The van der Waals surface area contributed by atoms with E-state index in [0.29, 0.717) is 10.7 Å². The van der Waals surface area contributed by atoms with Gasteiger partial charge in [-0.2, -0.15) is 5.10 Å². The summed E-state index contributed by atoms with van der Waals surface area (Å²) in [5, 5.41) is 12.6. The summed E-state index contributed by atoms with van der Waals surface area (Å²) in [5.41, 5.74) is 2.98. The van der Waals surface area contributed by atoms with E-state index in [0.717, 1.165) is 40.9 Å². The number of hydrogen-bond donors (Lipinski definition) is 2. The lowest BCUT2D eigenvalue weighted by Crippen LogP contribution is -2.33. The first kappa shape index (κ1) is 21.7. The van der Waals surface area contributed by atoms with Crippen LogP contribution >= 0.6 is 27.3 Å². The van der Waals surface area contributed by atoms with E-state index in [-0.39, 0.29) is 24.4 Å². The molecule has 0 radical (unpaired) electrons. The lowest BCUT2D eigenvalue weighted by atomic mass is 10.1. The summed E-state index contributed by atoms with van der Waals surface area (Å²) in [6.07, 6.45) is 3.74. The predicted octanol–water partition coefficient (Wildman–Crippen LogP) is 3.98. The molecule has 0 bridgehead atoms. The molecule has 1 aliphatic rings. The number of aryl methyl sites for hydroxylation is 2. The predicted molar refractivity (Wildman–Crippen MR) is 124 cm³/mol. The van der Waals surface area contributed by atoms with E-state index in [1.165, 1.54) is 11.3 Å². The molecule has 0 unspecified atom stereocenters. The average Bonchev–Trinajstić information content (AvgIpc) is 3.43. The Hall–Kier alpha value is -2.56. The van der Waals surface area contributed by atoms with Gasteiger partial charge in [-0.15, -0.1) is 11.3 Å². The Labute approximate surface area is 192 Å². The third-order valence-corrected chi connectivity index (χ3v) is 6.49. The molecule has 8 nitrogen and oxygen atoms in total. The molecule has 162 valence electrons. The Morgan fingerprint density at radius 2 is 2.03 bits per heavy atom. The van der Waals surface area contributed by atoms with Crippen LogP contribution in [-0.2, 0) is 11.8 Å². The highest BCUT2D eigenvalue weighted by molar-refractivity contribution is 9.10. The molecule has 31 heavy (non-hydrogen) atoms. The first-order valence-electron chi connectivity index (χ1n) is 9.95. The zero-order valence-electron chi connectivity index (χ0n) is 17.3. The Morgan fingerprint density at radius 1 is 1.26 bits per heavy atom. The highest BCUT2D eigenvalue weighted by atomic mass is 79.9. The number of likely N-dealkylation sites (tertiary alicyclic amines) is 1. The molecule has 1 atom stereocenters. The number of carbonyl (C=O) groups excluding carboxylic acids is 2. The summed E-state index contributed by atoms with van der Waals surface area (Å²) in [7, 11) is 1.83. The van der Waals surface area contributed by atoms with Crippen molar-refractivity contribution in [1.29, 1.82) is 0 Å². The highest BCUT2D eigenvalue weighted by Gasteiger charge is 2.29. The molecule has 1 aliphatic heterocycles. The van der Waals surface area contributed by atoms with Crippen LogP contribution in [0.15, 0.2) is 40.3 Å².